The van der Waals surface area contributed by atoms with E-state index in [9.17, 15) is 0 Å². The number of hydrogen-bond donors (Lipinski definition) is 1. The Labute approximate surface area is 107 Å². The second-order valence-corrected chi connectivity index (χ2v) is 6.07. The van der Waals surface area contributed by atoms with Crippen LogP contribution in [-0.4, -0.2) is 50.8 Å². The zero-order chi connectivity index (χ0) is 12.8. The standard InChI is InChI=1S/C14H30N2O/c1-11(2)14(12(3)4)9-15-8-13-10-16(5)6-7-17-13/h11-15H,6-10H2,1-5H3. The minimum atomic E-state index is 0.369. The molecule has 1 heterocycles. The third kappa shape index (κ3) is 5.36. The first-order valence-electron chi connectivity index (χ1n) is 7.01. The number of nitrogens with one attached hydrogen (secondary N) is 1. The highest BCUT2D eigenvalue weighted by atomic mass is 16.5. The Kier molecular flexibility index (Phi) is 6.45. The average Bonchev–Trinajstić information content (AvgIpc) is 2.23. The molecule has 1 aliphatic heterocycles. The summed E-state index contributed by atoms with van der Waals surface area (Å²) in [5.74, 6) is 2.26. The zero-order valence-corrected chi connectivity index (χ0v) is 12.2. The van der Waals surface area contributed by atoms with Crippen molar-refractivity contribution in [2.45, 2.75) is 33.8 Å². The average molecular weight is 242 g/mol. The Morgan fingerprint density at radius 2 is 1.88 bits per heavy atom. The van der Waals surface area contributed by atoms with E-state index < -0.39 is 0 Å². The predicted octanol–water partition coefficient (Wildman–Crippen LogP) is 1.83. The summed E-state index contributed by atoms with van der Waals surface area (Å²) in [6, 6.07) is 0. The number of ether oxygens (including phenoxy) is 1. The molecule has 1 N–H and O–H groups in total. The maximum atomic E-state index is 5.75. The lowest BCUT2D eigenvalue weighted by atomic mass is 9.85. The van der Waals surface area contributed by atoms with E-state index in [1.165, 1.54) is 0 Å². The molecule has 3 nitrogen and oxygen atoms in total. The molecule has 0 aromatic carbocycles. The van der Waals surface area contributed by atoms with Crippen molar-refractivity contribution in [3.63, 3.8) is 0 Å². The van der Waals surface area contributed by atoms with E-state index in [2.05, 4.69) is 45.0 Å². The van der Waals surface area contributed by atoms with Crippen LogP contribution >= 0.6 is 0 Å². The van der Waals surface area contributed by atoms with Crippen molar-refractivity contribution < 1.29 is 4.74 Å². The van der Waals surface area contributed by atoms with Gasteiger partial charge in [0, 0.05) is 19.6 Å². The molecular formula is C14H30N2O. The summed E-state index contributed by atoms with van der Waals surface area (Å²) in [5.41, 5.74) is 0. The van der Waals surface area contributed by atoms with Gasteiger partial charge in [-0.05, 0) is 31.3 Å². The number of nitrogens with zero attached hydrogens (tertiary/aromatic N) is 1. The van der Waals surface area contributed by atoms with Gasteiger partial charge in [0.25, 0.3) is 0 Å². The van der Waals surface area contributed by atoms with E-state index in [1.54, 1.807) is 0 Å². The largest absolute Gasteiger partial charge is 0.374 e. The Bertz CT molecular complexity index is 198. The van der Waals surface area contributed by atoms with Crippen molar-refractivity contribution in [3.8, 4) is 0 Å². The first kappa shape index (κ1) is 14.9. The van der Waals surface area contributed by atoms with Crippen molar-refractivity contribution >= 4 is 0 Å². The van der Waals surface area contributed by atoms with Gasteiger partial charge in [-0.1, -0.05) is 27.7 Å². The molecule has 0 spiro atoms. The molecule has 1 fully saturated rings. The van der Waals surface area contributed by atoms with Crippen molar-refractivity contribution in [2.24, 2.45) is 17.8 Å². The summed E-state index contributed by atoms with van der Waals surface area (Å²) in [5, 5.41) is 3.59. The van der Waals surface area contributed by atoms with Gasteiger partial charge in [0.15, 0.2) is 0 Å². The lowest BCUT2D eigenvalue weighted by molar-refractivity contribution is -0.0188. The van der Waals surface area contributed by atoms with Crippen molar-refractivity contribution in [1.82, 2.24) is 10.2 Å². The zero-order valence-electron chi connectivity index (χ0n) is 12.2. The first-order chi connectivity index (χ1) is 8.00. The first-order valence-corrected chi connectivity index (χ1v) is 7.01. The van der Waals surface area contributed by atoms with Crippen LogP contribution in [-0.2, 0) is 4.74 Å². The summed E-state index contributed by atoms with van der Waals surface area (Å²) in [4.78, 5) is 2.35. The fraction of sp³-hybridized carbons (Fsp3) is 1.00. The van der Waals surface area contributed by atoms with Crippen LogP contribution in [0.25, 0.3) is 0 Å². The minimum absolute atomic E-state index is 0.369. The van der Waals surface area contributed by atoms with E-state index >= 15 is 0 Å². The molecule has 0 amide bonds. The molecule has 0 saturated carbocycles. The molecule has 1 saturated heterocycles. The molecule has 1 atom stereocenters. The van der Waals surface area contributed by atoms with Gasteiger partial charge < -0.3 is 15.0 Å². The van der Waals surface area contributed by atoms with E-state index in [0.29, 0.717) is 6.10 Å². The Hall–Kier alpha value is -0.120. The third-order valence-electron chi connectivity index (χ3n) is 3.81. The molecule has 17 heavy (non-hydrogen) atoms. The highest BCUT2D eigenvalue weighted by Crippen LogP contribution is 2.19. The van der Waals surface area contributed by atoms with Crippen LogP contribution in [0.15, 0.2) is 0 Å². The van der Waals surface area contributed by atoms with Gasteiger partial charge >= 0.3 is 0 Å². The van der Waals surface area contributed by atoms with Gasteiger partial charge in [-0.15, -0.1) is 0 Å². The molecule has 1 aliphatic rings. The lowest BCUT2D eigenvalue weighted by Crippen LogP contribution is -2.46. The van der Waals surface area contributed by atoms with Gasteiger partial charge in [0.05, 0.1) is 12.7 Å². The summed E-state index contributed by atoms with van der Waals surface area (Å²) in [6.07, 6.45) is 0.369. The SMILES string of the molecule is CC(C)C(CNCC1CN(C)CCO1)C(C)C. The lowest BCUT2D eigenvalue weighted by Gasteiger charge is -2.31. The van der Waals surface area contributed by atoms with Crippen LogP contribution in [0.5, 0.6) is 0 Å². The summed E-state index contributed by atoms with van der Waals surface area (Å²) in [6.45, 7) is 14.4. The molecule has 102 valence electrons. The van der Waals surface area contributed by atoms with Gasteiger partial charge in [0.2, 0.25) is 0 Å². The van der Waals surface area contributed by atoms with Gasteiger partial charge in [-0.2, -0.15) is 0 Å². The fourth-order valence-corrected chi connectivity index (χ4v) is 2.64. The maximum Gasteiger partial charge on any atom is 0.0826 e. The molecule has 0 aliphatic carbocycles. The number of likely N-dealkylation sites (N-methyl/N-ethyl adjacent to an activating group) is 1. The van der Waals surface area contributed by atoms with Crippen molar-refractivity contribution in [1.29, 1.82) is 0 Å². The van der Waals surface area contributed by atoms with Crippen LogP contribution in [0.3, 0.4) is 0 Å². The minimum Gasteiger partial charge on any atom is -0.374 e. The van der Waals surface area contributed by atoms with Crippen LogP contribution in [0.2, 0.25) is 0 Å². The van der Waals surface area contributed by atoms with Crippen LogP contribution in [0.4, 0.5) is 0 Å². The van der Waals surface area contributed by atoms with Gasteiger partial charge in [-0.3, -0.25) is 0 Å². The van der Waals surface area contributed by atoms with Gasteiger partial charge in [0.1, 0.15) is 0 Å². The van der Waals surface area contributed by atoms with Crippen LogP contribution < -0.4 is 5.32 Å². The highest BCUT2D eigenvalue weighted by molar-refractivity contribution is 4.74. The topological polar surface area (TPSA) is 24.5 Å². The Morgan fingerprint density at radius 1 is 1.24 bits per heavy atom. The molecule has 1 rings (SSSR count). The molecule has 0 bridgehead atoms. The van der Waals surface area contributed by atoms with E-state index in [4.69, 9.17) is 4.74 Å². The molecule has 0 aromatic heterocycles. The Balaban J connectivity index is 2.21. The van der Waals surface area contributed by atoms with Crippen LogP contribution in [0, 0.1) is 17.8 Å². The number of hydrogen-bond acceptors (Lipinski definition) is 3. The van der Waals surface area contributed by atoms with E-state index in [-0.39, 0.29) is 0 Å². The second-order valence-electron chi connectivity index (χ2n) is 6.07. The molecular weight excluding hydrogens is 212 g/mol. The van der Waals surface area contributed by atoms with Crippen molar-refractivity contribution in [2.75, 3.05) is 39.8 Å². The summed E-state index contributed by atoms with van der Waals surface area (Å²) in [7, 11) is 2.17. The molecule has 3 heteroatoms. The van der Waals surface area contributed by atoms with E-state index in [0.717, 1.165) is 50.5 Å². The molecule has 1 unspecified atom stereocenters. The summed E-state index contributed by atoms with van der Waals surface area (Å²) < 4.78 is 5.75. The predicted molar refractivity (Wildman–Crippen MR) is 73.3 cm³/mol. The van der Waals surface area contributed by atoms with Gasteiger partial charge in [-0.25, -0.2) is 0 Å². The Morgan fingerprint density at radius 3 is 2.41 bits per heavy atom. The maximum absolute atomic E-state index is 5.75. The number of morpholine rings is 1. The molecule has 0 radical (unpaired) electrons. The fourth-order valence-electron chi connectivity index (χ4n) is 2.64. The summed E-state index contributed by atoms with van der Waals surface area (Å²) >= 11 is 0. The smallest absolute Gasteiger partial charge is 0.0826 e. The normalized spacial score (nSPS) is 22.9. The second kappa shape index (κ2) is 7.34. The highest BCUT2D eigenvalue weighted by Gasteiger charge is 2.20. The number of rotatable bonds is 6. The third-order valence-corrected chi connectivity index (χ3v) is 3.81. The van der Waals surface area contributed by atoms with Crippen LogP contribution in [0.1, 0.15) is 27.7 Å². The monoisotopic (exact) mass is 242 g/mol. The van der Waals surface area contributed by atoms with E-state index in [1.807, 2.05) is 0 Å². The quantitative estimate of drug-likeness (QED) is 0.769. The molecule has 0 aromatic rings. The van der Waals surface area contributed by atoms with Crippen molar-refractivity contribution in [3.05, 3.63) is 0 Å².